The predicted molar refractivity (Wildman–Crippen MR) is 129 cm³/mol. The van der Waals surface area contributed by atoms with Gasteiger partial charge in [-0.15, -0.1) is 11.3 Å². The van der Waals surface area contributed by atoms with E-state index in [-0.39, 0.29) is 6.09 Å². The molecule has 8 heteroatoms. The number of thiophene rings is 1. The van der Waals surface area contributed by atoms with Crippen LogP contribution in [0.1, 0.15) is 53.4 Å². The molecule has 1 aromatic heterocycles. The number of nitrogens with zero attached hydrogens (tertiary/aromatic N) is 3. The number of aliphatic imine (C=N–C) groups is 1. The quantitative estimate of drug-likeness (QED) is 0.527. The number of likely N-dealkylation sites (tertiary alicyclic amines) is 1. The highest BCUT2D eigenvalue weighted by Gasteiger charge is 2.28. The molecule has 174 valence electrons. The molecule has 1 amide bonds. The number of carbonyl (C=O) groups is 1. The van der Waals surface area contributed by atoms with Crippen LogP contribution in [0.25, 0.3) is 0 Å². The van der Waals surface area contributed by atoms with Gasteiger partial charge in [0, 0.05) is 45.3 Å². The van der Waals surface area contributed by atoms with Gasteiger partial charge in [-0.25, -0.2) is 4.79 Å². The first kappa shape index (κ1) is 23.7. The van der Waals surface area contributed by atoms with Crippen molar-refractivity contribution in [3.63, 3.8) is 0 Å². The molecule has 2 aliphatic rings. The smallest absolute Gasteiger partial charge is 0.410 e. The van der Waals surface area contributed by atoms with Gasteiger partial charge in [-0.2, -0.15) is 0 Å². The molecular formula is C23H39N5O2S. The molecule has 0 saturated carbocycles. The number of ether oxygens (including phenoxy) is 1. The molecule has 2 saturated heterocycles. The third-order valence-corrected chi connectivity index (χ3v) is 6.61. The fourth-order valence-corrected chi connectivity index (χ4v) is 4.92. The van der Waals surface area contributed by atoms with Gasteiger partial charge in [0.1, 0.15) is 5.60 Å². The van der Waals surface area contributed by atoms with Gasteiger partial charge in [0.15, 0.2) is 5.96 Å². The molecule has 3 heterocycles. The summed E-state index contributed by atoms with van der Waals surface area (Å²) in [6.45, 7) is 13.0. The van der Waals surface area contributed by atoms with Crippen LogP contribution in [0.4, 0.5) is 9.80 Å². The van der Waals surface area contributed by atoms with Gasteiger partial charge in [-0.05, 0) is 76.8 Å². The zero-order valence-electron chi connectivity index (χ0n) is 19.5. The monoisotopic (exact) mass is 449 g/mol. The van der Waals surface area contributed by atoms with Crippen molar-refractivity contribution in [2.45, 2.75) is 65.0 Å². The predicted octanol–water partition coefficient (Wildman–Crippen LogP) is 3.92. The van der Waals surface area contributed by atoms with Gasteiger partial charge < -0.3 is 25.2 Å². The molecule has 1 aromatic rings. The molecule has 1 atom stereocenters. The van der Waals surface area contributed by atoms with E-state index in [9.17, 15) is 4.79 Å². The molecule has 0 bridgehead atoms. The van der Waals surface area contributed by atoms with E-state index < -0.39 is 5.60 Å². The SMILES string of the molecule is CCNC(=NCC1CCCN(C(=O)OC(C)(C)C)C1)NC1CCN(c2cccs2)CC1. The fourth-order valence-electron chi connectivity index (χ4n) is 4.13. The number of carbonyl (C=O) groups excluding carboxylic acids is 1. The average Bonchev–Trinajstić information content (AvgIpc) is 3.27. The van der Waals surface area contributed by atoms with Crippen molar-refractivity contribution >= 4 is 28.4 Å². The zero-order chi connectivity index (χ0) is 22.3. The molecule has 3 rings (SSSR count). The van der Waals surface area contributed by atoms with E-state index in [0.29, 0.717) is 12.0 Å². The summed E-state index contributed by atoms with van der Waals surface area (Å²) < 4.78 is 5.55. The van der Waals surface area contributed by atoms with Crippen LogP contribution in [0, 0.1) is 5.92 Å². The van der Waals surface area contributed by atoms with E-state index in [1.54, 1.807) is 0 Å². The average molecular weight is 450 g/mol. The maximum absolute atomic E-state index is 12.4. The Kier molecular flexibility index (Phi) is 8.46. The Hall–Kier alpha value is -1.96. The van der Waals surface area contributed by atoms with Gasteiger partial charge in [0.25, 0.3) is 0 Å². The highest BCUT2D eigenvalue weighted by atomic mass is 32.1. The molecule has 0 aromatic carbocycles. The molecule has 2 aliphatic heterocycles. The van der Waals surface area contributed by atoms with Crippen molar-refractivity contribution in [1.82, 2.24) is 15.5 Å². The lowest BCUT2D eigenvalue weighted by Gasteiger charge is -2.34. The lowest BCUT2D eigenvalue weighted by atomic mass is 9.98. The molecule has 0 radical (unpaired) electrons. The van der Waals surface area contributed by atoms with Gasteiger partial charge in [0.2, 0.25) is 0 Å². The minimum Gasteiger partial charge on any atom is -0.444 e. The first-order chi connectivity index (χ1) is 14.8. The summed E-state index contributed by atoms with van der Waals surface area (Å²) in [6, 6.07) is 4.77. The molecule has 0 spiro atoms. The Morgan fingerprint density at radius 2 is 2.03 bits per heavy atom. The number of hydrogen-bond acceptors (Lipinski definition) is 5. The molecular weight excluding hydrogens is 410 g/mol. The second-order valence-corrected chi connectivity index (χ2v) is 10.4. The normalized spacial score (nSPS) is 21.2. The highest BCUT2D eigenvalue weighted by Crippen LogP contribution is 2.25. The van der Waals surface area contributed by atoms with E-state index in [2.05, 4.69) is 40.0 Å². The molecule has 2 N–H and O–H groups in total. The Morgan fingerprint density at radius 1 is 1.26 bits per heavy atom. The van der Waals surface area contributed by atoms with Crippen LogP contribution in [0.5, 0.6) is 0 Å². The number of piperidine rings is 2. The first-order valence-electron chi connectivity index (χ1n) is 11.7. The summed E-state index contributed by atoms with van der Waals surface area (Å²) in [7, 11) is 0. The largest absolute Gasteiger partial charge is 0.444 e. The second-order valence-electron chi connectivity index (χ2n) is 9.51. The van der Waals surface area contributed by atoms with Crippen molar-refractivity contribution in [1.29, 1.82) is 0 Å². The van der Waals surface area contributed by atoms with Crippen LogP contribution in [-0.2, 0) is 4.74 Å². The number of anilines is 1. The molecule has 2 fully saturated rings. The standard InChI is InChI=1S/C23H39N5O2S/c1-5-24-21(26-19-10-13-27(14-11-19)20-9-7-15-31-20)25-16-18-8-6-12-28(17-18)22(29)30-23(2,3)4/h7,9,15,18-19H,5-6,8,10-14,16-17H2,1-4H3,(H2,24,25,26). The van der Waals surface area contributed by atoms with E-state index in [4.69, 9.17) is 9.73 Å². The van der Waals surface area contributed by atoms with Crippen molar-refractivity contribution < 1.29 is 9.53 Å². The van der Waals surface area contributed by atoms with Gasteiger partial charge >= 0.3 is 6.09 Å². The second kappa shape index (κ2) is 11.1. The van der Waals surface area contributed by atoms with Crippen molar-refractivity contribution in [3.8, 4) is 0 Å². The minimum atomic E-state index is -0.455. The Morgan fingerprint density at radius 3 is 2.68 bits per heavy atom. The molecule has 1 unspecified atom stereocenters. The number of amides is 1. The van der Waals surface area contributed by atoms with Crippen LogP contribution in [0.2, 0.25) is 0 Å². The summed E-state index contributed by atoms with van der Waals surface area (Å²) in [5, 5.41) is 10.5. The number of nitrogens with one attached hydrogen (secondary N) is 2. The summed E-state index contributed by atoms with van der Waals surface area (Å²) in [5.41, 5.74) is -0.455. The molecule has 0 aliphatic carbocycles. The summed E-state index contributed by atoms with van der Waals surface area (Å²) >= 11 is 1.81. The van der Waals surface area contributed by atoms with E-state index >= 15 is 0 Å². The van der Waals surface area contributed by atoms with Crippen LogP contribution < -0.4 is 15.5 Å². The maximum Gasteiger partial charge on any atom is 0.410 e. The minimum absolute atomic E-state index is 0.205. The summed E-state index contributed by atoms with van der Waals surface area (Å²) in [4.78, 5) is 21.6. The van der Waals surface area contributed by atoms with Gasteiger partial charge in [-0.3, -0.25) is 4.99 Å². The van der Waals surface area contributed by atoms with Crippen molar-refractivity contribution in [2.24, 2.45) is 10.9 Å². The van der Waals surface area contributed by atoms with Crippen LogP contribution in [-0.4, -0.2) is 67.9 Å². The lowest BCUT2D eigenvalue weighted by molar-refractivity contribution is 0.0170. The third kappa shape index (κ3) is 7.59. The Bertz CT molecular complexity index is 708. The molecule has 7 nitrogen and oxygen atoms in total. The Balaban J connectivity index is 1.48. The zero-order valence-corrected chi connectivity index (χ0v) is 20.3. The number of hydrogen-bond donors (Lipinski definition) is 2. The third-order valence-electron chi connectivity index (χ3n) is 5.68. The highest BCUT2D eigenvalue weighted by molar-refractivity contribution is 7.14. The number of guanidine groups is 1. The number of rotatable bonds is 5. The summed E-state index contributed by atoms with van der Waals surface area (Å²) in [5.74, 6) is 1.27. The lowest BCUT2D eigenvalue weighted by Crippen LogP contribution is -2.49. The van der Waals surface area contributed by atoms with Crippen molar-refractivity contribution in [2.75, 3.05) is 44.2 Å². The Labute approximate surface area is 191 Å². The first-order valence-corrected chi connectivity index (χ1v) is 12.5. The van der Waals surface area contributed by atoms with E-state index in [1.807, 2.05) is 37.0 Å². The summed E-state index contributed by atoms with van der Waals surface area (Å²) in [6.07, 6.45) is 4.12. The van der Waals surface area contributed by atoms with Crippen LogP contribution in [0.3, 0.4) is 0 Å². The fraction of sp³-hybridized carbons (Fsp3) is 0.739. The van der Waals surface area contributed by atoms with E-state index in [1.165, 1.54) is 5.00 Å². The van der Waals surface area contributed by atoms with Crippen LogP contribution in [0.15, 0.2) is 22.5 Å². The maximum atomic E-state index is 12.4. The van der Waals surface area contributed by atoms with E-state index in [0.717, 1.165) is 70.9 Å². The van der Waals surface area contributed by atoms with Crippen molar-refractivity contribution in [3.05, 3.63) is 17.5 Å². The van der Waals surface area contributed by atoms with Crippen LogP contribution >= 0.6 is 11.3 Å². The van der Waals surface area contributed by atoms with Gasteiger partial charge in [0.05, 0.1) is 5.00 Å². The van der Waals surface area contributed by atoms with Gasteiger partial charge in [-0.1, -0.05) is 0 Å². The topological polar surface area (TPSA) is 69.2 Å². The molecule has 31 heavy (non-hydrogen) atoms.